The normalized spacial score (nSPS) is 10.6. The van der Waals surface area contributed by atoms with Gasteiger partial charge in [-0.25, -0.2) is 4.79 Å². The lowest BCUT2D eigenvalue weighted by Gasteiger charge is -2.06. The lowest BCUT2D eigenvalue weighted by molar-refractivity contribution is -0.115. The van der Waals surface area contributed by atoms with Gasteiger partial charge in [-0.1, -0.05) is 54.6 Å². The molecule has 0 saturated carbocycles. The molecule has 27 heavy (non-hydrogen) atoms. The SMILES string of the molecule is O=C(CCCl)Nc1ccc(C=CCCNC(=O)OCc2ccccc2)cc1. The van der Waals surface area contributed by atoms with Gasteiger partial charge in [0.2, 0.25) is 5.91 Å². The average molecular weight is 387 g/mol. The van der Waals surface area contributed by atoms with E-state index in [1.54, 1.807) is 0 Å². The van der Waals surface area contributed by atoms with E-state index in [0.717, 1.165) is 16.8 Å². The number of benzene rings is 2. The summed E-state index contributed by atoms with van der Waals surface area (Å²) in [6.07, 6.45) is 4.49. The highest BCUT2D eigenvalue weighted by atomic mass is 35.5. The number of nitrogens with one attached hydrogen (secondary N) is 2. The smallest absolute Gasteiger partial charge is 0.407 e. The van der Waals surface area contributed by atoms with Crippen LogP contribution in [-0.2, 0) is 16.1 Å². The molecule has 0 fully saturated rings. The second kappa shape index (κ2) is 11.8. The van der Waals surface area contributed by atoms with Crippen LogP contribution in [0.5, 0.6) is 0 Å². The van der Waals surface area contributed by atoms with E-state index in [9.17, 15) is 9.59 Å². The lowest BCUT2D eigenvalue weighted by atomic mass is 10.2. The number of amides is 2. The van der Waals surface area contributed by atoms with Crippen LogP contribution in [0.25, 0.3) is 6.08 Å². The molecular formula is C21H23ClN2O3. The predicted molar refractivity (Wildman–Crippen MR) is 109 cm³/mol. The number of hydrogen-bond acceptors (Lipinski definition) is 3. The van der Waals surface area contributed by atoms with Gasteiger partial charge in [0.1, 0.15) is 6.61 Å². The summed E-state index contributed by atoms with van der Waals surface area (Å²) in [5.41, 5.74) is 2.71. The zero-order valence-corrected chi connectivity index (χ0v) is 15.7. The van der Waals surface area contributed by atoms with Gasteiger partial charge in [0.25, 0.3) is 0 Å². The number of alkyl carbamates (subject to hydrolysis) is 1. The van der Waals surface area contributed by atoms with Crippen LogP contribution in [-0.4, -0.2) is 24.4 Å². The standard InChI is InChI=1S/C21H23ClN2O3/c22-14-13-20(25)24-19-11-9-17(10-12-19)6-4-5-15-23-21(26)27-16-18-7-2-1-3-8-18/h1-4,6-12H,5,13-16H2,(H,23,26)(H,24,25). The van der Waals surface area contributed by atoms with E-state index in [4.69, 9.17) is 16.3 Å². The van der Waals surface area contributed by atoms with Crippen molar-refractivity contribution in [3.8, 4) is 0 Å². The Hall–Kier alpha value is -2.79. The molecule has 0 spiro atoms. The largest absolute Gasteiger partial charge is 0.445 e. The van der Waals surface area contributed by atoms with Crippen LogP contribution in [0.4, 0.5) is 10.5 Å². The third-order valence-electron chi connectivity index (χ3n) is 3.62. The molecule has 142 valence electrons. The maximum atomic E-state index is 11.6. The van der Waals surface area contributed by atoms with Gasteiger partial charge in [-0.05, 0) is 29.7 Å². The number of hydrogen-bond donors (Lipinski definition) is 2. The number of rotatable bonds is 9. The van der Waals surface area contributed by atoms with Crippen molar-refractivity contribution in [3.05, 3.63) is 71.8 Å². The highest BCUT2D eigenvalue weighted by molar-refractivity contribution is 6.19. The van der Waals surface area contributed by atoms with Crippen molar-refractivity contribution in [3.63, 3.8) is 0 Å². The summed E-state index contributed by atoms with van der Waals surface area (Å²) >= 11 is 5.53. The first kappa shape index (κ1) is 20.5. The maximum Gasteiger partial charge on any atom is 0.407 e. The lowest BCUT2D eigenvalue weighted by Crippen LogP contribution is -2.24. The number of ether oxygens (including phenoxy) is 1. The minimum absolute atomic E-state index is 0.0986. The number of carbonyl (C=O) groups is 2. The van der Waals surface area contributed by atoms with Crippen LogP contribution >= 0.6 is 11.6 Å². The fraction of sp³-hybridized carbons (Fsp3) is 0.238. The molecule has 2 N–H and O–H groups in total. The maximum absolute atomic E-state index is 11.6. The summed E-state index contributed by atoms with van der Waals surface area (Å²) in [5, 5.41) is 5.48. The summed E-state index contributed by atoms with van der Waals surface area (Å²) in [5.74, 6) is 0.207. The molecular weight excluding hydrogens is 364 g/mol. The second-order valence-corrected chi connectivity index (χ2v) is 6.17. The fourth-order valence-corrected chi connectivity index (χ4v) is 2.41. The quantitative estimate of drug-likeness (QED) is 0.489. The molecule has 2 aromatic carbocycles. The van der Waals surface area contributed by atoms with Gasteiger partial charge in [-0.3, -0.25) is 4.79 Å². The van der Waals surface area contributed by atoms with Gasteiger partial charge in [0, 0.05) is 24.5 Å². The molecule has 0 atom stereocenters. The van der Waals surface area contributed by atoms with Crippen LogP contribution in [0.1, 0.15) is 24.0 Å². The molecule has 6 heteroatoms. The van der Waals surface area contributed by atoms with Crippen molar-refractivity contribution in [2.75, 3.05) is 17.7 Å². The summed E-state index contributed by atoms with van der Waals surface area (Å²) in [6.45, 7) is 0.757. The monoisotopic (exact) mass is 386 g/mol. The van der Waals surface area contributed by atoms with Crippen molar-refractivity contribution in [2.45, 2.75) is 19.4 Å². The van der Waals surface area contributed by atoms with Crippen LogP contribution in [0.2, 0.25) is 0 Å². The average Bonchev–Trinajstić information content (AvgIpc) is 2.68. The first-order valence-corrected chi connectivity index (χ1v) is 9.28. The van der Waals surface area contributed by atoms with E-state index in [-0.39, 0.29) is 12.5 Å². The number of anilines is 1. The first-order valence-electron chi connectivity index (χ1n) is 8.74. The van der Waals surface area contributed by atoms with Gasteiger partial charge in [-0.15, -0.1) is 11.6 Å². The van der Waals surface area contributed by atoms with Crippen molar-refractivity contribution >= 4 is 35.4 Å². The van der Waals surface area contributed by atoms with Gasteiger partial charge in [-0.2, -0.15) is 0 Å². The molecule has 0 aliphatic carbocycles. The van der Waals surface area contributed by atoms with Crippen LogP contribution in [0.15, 0.2) is 60.7 Å². The van der Waals surface area contributed by atoms with Crippen molar-refractivity contribution in [2.24, 2.45) is 0 Å². The Kier molecular flexibility index (Phi) is 8.93. The van der Waals surface area contributed by atoms with Gasteiger partial charge in [0.15, 0.2) is 0 Å². The first-order chi connectivity index (χ1) is 13.2. The Morgan fingerprint density at radius 2 is 1.78 bits per heavy atom. The molecule has 2 amide bonds. The summed E-state index contributed by atoms with van der Waals surface area (Å²) < 4.78 is 5.14. The second-order valence-electron chi connectivity index (χ2n) is 5.79. The Balaban J connectivity index is 1.64. The van der Waals surface area contributed by atoms with Gasteiger partial charge in [0.05, 0.1) is 0 Å². The highest BCUT2D eigenvalue weighted by Crippen LogP contribution is 2.11. The van der Waals surface area contributed by atoms with Crippen LogP contribution in [0, 0.1) is 0 Å². The molecule has 2 aromatic rings. The van der Waals surface area contributed by atoms with Crippen molar-refractivity contribution < 1.29 is 14.3 Å². The molecule has 0 aliphatic rings. The van der Waals surface area contributed by atoms with E-state index in [2.05, 4.69) is 10.6 Å². The summed E-state index contributed by atoms with van der Waals surface area (Å²) in [7, 11) is 0. The van der Waals surface area contributed by atoms with E-state index in [1.165, 1.54) is 0 Å². The fourth-order valence-electron chi connectivity index (χ4n) is 2.24. The molecule has 0 aliphatic heterocycles. The topological polar surface area (TPSA) is 67.4 Å². The van der Waals surface area contributed by atoms with Gasteiger partial charge < -0.3 is 15.4 Å². The number of carbonyl (C=O) groups excluding carboxylic acids is 2. The molecule has 0 bridgehead atoms. The van der Waals surface area contributed by atoms with Crippen molar-refractivity contribution in [1.82, 2.24) is 5.32 Å². The molecule has 5 nitrogen and oxygen atoms in total. The van der Waals surface area contributed by atoms with E-state index >= 15 is 0 Å². The molecule has 2 rings (SSSR count). The van der Waals surface area contributed by atoms with Crippen LogP contribution in [0.3, 0.4) is 0 Å². The Morgan fingerprint density at radius 1 is 1.04 bits per heavy atom. The molecule has 0 unspecified atom stereocenters. The zero-order valence-electron chi connectivity index (χ0n) is 15.0. The zero-order chi connectivity index (χ0) is 19.3. The summed E-state index contributed by atoms with van der Waals surface area (Å²) in [6, 6.07) is 17.0. The summed E-state index contributed by atoms with van der Waals surface area (Å²) in [4.78, 5) is 23.1. The van der Waals surface area contributed by atoms with E-state index < -0.39 is 6.09 Å². The Morgan fingerprint density at radius 3 is 2.48 bits per heavy atom. The molecule has 0 aromatic heterocycles. The molecule has 0 saturated heterocycles. The van der Waals surface area contributed by atoms with E-state index in [0.29, 0.717) is 25.3 Å². The minimum atomic E-state index is -0.427. The predicted octanol–water partition coefficient (Wildman–Crippen LogP) is 4.58. The minimum Gasteiger partial charge on any atom is -0.445 e. The molecule has 0 radical (unpaired) electrons. The molecule has 0 heterocycles. The Labute approximate surface area is 164 Å². The third-order valence-corrected chi connectivity index (χ3v) is 3.81. The highest BCUT2D eigenvalue weighted by Gasteiger charge is 2.01. The van der Waals surface area contributed by atoms with E-state index in [1.807, 2.05) is 66.7 Å². The van der Waals surface area contributed by atoms with Gasteiger partial charge >= 0.3 is 6.09 Å². The third kappa shape index (κ3) is 8.42. The van der Waals surface area contributed by atoms with Crippen molar-refractivity contribution in [1.29, 1.82) is 0 Å². The number of halogens is 1. The Bertz CT molecular complexity index is 746. The van der Waals surface area contributed by atoms with Crippen LogP contribution < -0.4 is 10.6 Å². The number of alkyl halides is 1.